The number of H-pyrrole nitrogens is 1. The largest absolute Gasteiger partial charge is 0.368 e. The minimum Gasteiger partial charge on any atom is -0.368 e. The monoisotopic (exact) mass is 988 g/mol. The highest BCUT2D eigenvalue weighted by Gasteiger charge is 2.40. The van der Waals surface area contributed by atoms with E-state index in [1.165, 1.54) is 6.20 Å². The lowest BCUT2D eigenvalue weighted by molar-refractivity contribution is -0.136. The Morgan fingerprint density at radius 2 is 1.42 bits per heavy atom. The van der Waals surface area contributed by atoms with Crippen molar-refractivity contribution in [1.82, 2.24) is 34.5 Å². The summed E-state index contributed by atoms with van der Waals surface area (Å²) in [6.45, 7) is 5.73. The van der Waals surface area contributed by atoms with Gasteiger partial charge in [0.15, 0.2) is 5.82 Å². The van der Waals surface area contributed by atoms with Gasteiger partial charge in [-0.2, -0.15) is 12.7 Å². The van der Waals surface area contributed by atoms with Crippen molar-refractivity contribution in [2.24, 2.45) is 0 Å². The Hall–Kier alpha value is -7.59. The first kappa shape index (κ1) is 45.8. The average molecular weight is 989 g/mol. The number of hydrogen-bond acceptors (Lipinski definition) is 13. The molecule has 22 heteroatoms. The van der Waals surface area contributed by atoms with Gasteiger partial charge in [-0.25, -0.2) is 28.1 Å². The normalized spacial score (nSPS) is 20.0. The van der Waals surface area contributed by atoms with Gasteiger partial charge in [0, 0.05) is 130 Å². The van der Waals surface area contributed by atoms with Gasteiger partial charge in [0.2, 0.25) is 17.6 Å². The number of carbonyl (C=O) groups is 4. The van der Waals surface area contributed by atoms with E-state index in [2.05, 4.69) is 44.9 Å². The van der Waals surface area contributed by atoms with Crippen LogP contribution in [0.4, 0.5) is 41.9 Å². The second-order valence-corrected chi connectivity index (χ2v) is 19.9. The van der Waals surface area contributed by atoms with E-state index in [0.29, 0.717) is 35.1 Å². The van der Waals surface area contributed by atoms with Crippen LogP contribution in [-0.4, -0.2) is 139 Å². The summed E-state index contributed by atoms with van der Waals surface area (Å²) in [5.41, 5.74) is 3.61. The van der Waals surface area contributed by atoms with Crippen LogP contribution in [0.2, 0.25) is 0 Å². The third-order valence-electron chi connectivity index (χ3n) is 14.0. The lowest BCUT2D eigenvalue weighted by atomic mass is 9.99. The Bertz CT molecular complexity index is 3230. The van der Waals surface area contributed by atoms with Crippen molar-refractivity contribution in [3.05, 3.63) is 119 Å². The van der Waals surface area contributed by atoms with Crippen LogP contribution in [0.5, 0.6) is 0 Å². The number of aromatic amines is 1. The SMILES string of the molecule is O=C1CCC(N2Cc3cc(N4CCN(c5cc(N6CCN(c7ccc(-c8cnc9[nH]cc(C(=O)c%10c(F)ccc(NS(=O)(=O)N%11CC[C@@H](F)C%11)c%10F)c9c8)cc7)CC6)ncn5)CC4)ccc3C2=O)C(=O)N1. The third-order valence-corrected chi connectivity index (χ3v) is 15.5. The molecule has 0 radical (unpaired) electrons. The molecule has 6 aromatic rings. The summed E-state index contributed by atoms with van der Waals surface area (Å²) in [4.78, 5) is 78.4. The number of ketones is 1. The number of piperidine rings is 1. The number of nitrogens with zero attached hydrogens (tertiary/aromatic N) is 9. The zero-order valence-corrected chi connectivity index (χ0v) is 39.0. The van der Waals surface area contributed by atoms with Gasteiger partial charge in [-0.3, -0.25) is 29.2 Å². The molecule has 1 unspecified atom stereocenters. The van der Waals surface area contributed by atoms with Crippen molar-refractivity contribution < 1.29 is 40.8 Å². The molecule has 5 aliphatic heterocycles. The molecule has 4 fully saturated rings. The molecular formula is C49H47F3N12O6S. The van der Waals surface area contributed by atoms with Crippen LogP contribution in [0, 0.1) is 11.6 Å². The predicted molar refractivity (Wildman–Crippen MR) is 258 cm³/mol. The molecule has 18 nitrogen and oxygen atoms in total. The molecule has 0 saturated carbocycles. The number of nitrogens with one attached hydrogen (secondary N) is 3. The number of anilines is 5. The molecule has 0 spiro atoms. The average Bonchev–Trinajstić information content (AvgIpc) is 4.11. The van der Waals surface area contributed by atoms with E-state index < -0.39 is 63.5 Å². The molecule has 366 valence electrons. The number of piperazine rings is 2. The maximum atomic E-state index is 15.8. The Kier molecular flexibility index (Phi) is 11.8. The quantitative estimate of drug-likeness (QED) is 0.120. The van der Waals surface area contributed by atoms with E-state index >= 15 is 8.78 Å². The summed E-state index contributed by atoms with van der Waals surface area (Å²) >= 11 is 0. The first-order valence-corrected chi connectivity index (χ1v) is 24.8. The number of halogens is 3. The smallest absolute Gasteiger partial charge is 0.301 e. The van der Waals surface area contributed by atoms with Gasteiger partial charge in [-0.15, -0.1) is 0 Å². The summed E-state index contributed by atoms with van der Waals surface area (Å²) in [5.74, 6) is -2.81. The number of fused-ring (bicyclic) bond motifs is 2. The van der Waals surface area contributed by atoms with Gasteiger partial charge in [-0.05, 0) is 72.5 Å². The number of aromatic nitrogens is 4. The van der Waals surface area contributed by atoms with Crippen LogP contribution < -0.4 is 29.6 Å². The minimum absolute atomic E-state index is 0.00319. The lowest BCUT2D eigenvalue weighted by Crippen LogP contribution is -2.52. The first-order valence-electron chi connectivity index (χ1n) is 23.4. The van der Waals surface area contributed by atoms with Crippen molar-refractivity contribution in [1.29, 1.82) is 0 Å². The maximum Gasteiger partial charge on any atom is 0.301 e. The third kappa shape index (κ3) is 8.74. The molecule has 3 aromatic carbocycles. The molecule has 3 amide bonds. The molecule has 8 heterocycles. The predicted octanol–water partition coefficient (Wildman–Crippen LogP) is 4.64. The molecule has 2 atom stereocenters. The van der Waals surface area contributed by atoms with Gasteiger partial charge in [0.25, 0.3) is 5.91 Å². The fraction of sp³-hybridized carbons (Fsp3) is 0.327. The molecule has 0 aliphatic carbocycles. The van der Waals surface area contributed by atoms with Crippen molar-refractivity contribution in [2.75, 3.05) is 89.8 Å². The van der Waals surface area contributed by atoms with Crippen molar-refractivity contribution >= 4 is 73.4 Å². The van der Waals surface area contributed by atoms with Crippen molar-refractivity contribution in [3.8, 4) is 11.1 Å². The standard InChI is InChI=1S/C49H47F3N12O6S/c50-32-11-12-63(27-32)71(69,70)58-39-8-7-38(51)44(45(39)52)46(66)37-25-54-47-36(37)22-30(24-53-47)29-1-3-33(4-2-29)59-13-17-61(18-14-59)41-23-42(56-28-55-41)62-19-15-60(16-20-62)34-5-6-35-31(21-34)26-64(49(35)68)40-9-10-43(65)57-48(40)67/h1-8,21-25,28,32,40,58H,9-20,26-27H2,(H,53,54)(H,57,65,67)/t32-,40?/m1/s1. The Morgan fingerprint density at radius 1 is 0.746 bits per heavy atom. The van der Waals surface area contributed by atoms with Gasteiger partial charge < -0.3 is 29.5 Å². The fourth-order valence-electron chi connectivity index (χ4n) is 10.1. The number of alkyl halides is 1. The summed E-state index contributed by atoms with van der Waals surface area (Å²) < 4.78 is 73.3. The zero-order chi connectivity index (χ0) is 49.1. The van der Waals surface area contributed by atoms with E-state index in [-0.39, 0.29) is 36.8 Å². The topological polar surface area (TPSA) is 200 Å². The van der Waals surface area contributed by atoms with E-state index in [9.17, 15) is 32.0 Å². The fourth-order valence-corrected chi connectivity index (χ4v) is 11.4. The van der Waals surface area contributed by atoms with Crippen LogP contribution in [-0.2, 0) is 26.3 Å². The van der Waals surface area contributed by atoms with Crippen LogP contribution in [0.15, 0.2) is 85.5 Å². The van der Waals surface area contributed by atoms with E-state index in [0.717, 1.165) is 103 Å². The van der Waals surface area contributed by atoms with Gasteiger partial charge in [0.05, 0.1) is 11.3 Å². The van der Waals surface area contributed by atoms with Crippen molar-refractivity contribution in [3.63, 3.8) is 0 Å². The van der Waals surface area contributed by atoms with E-state index in [4.69, 9.17) is 0 Å². The van der Waals surface area contributed by atoms with Gasteiger partial charge in [0.1, 0.15) is 41.6 Å². The number of benzene rings is 3. The number of pyridine rings is 1. The van der Waals surface area contributed by atoms with Gasteiger partial charge >= 0.3 is 10.2 Å². The molecular weight excluding hydrogens is 942 g/mol. The lowest BCUT2D eigenvalue weighted by Gasteiger charge is -2.38. The van der Waals surface area contributed by atoms with Crippen molar-refractivity contribution in [2.45, 2.75) is 38.0 Å². The second-order valence-electron chi connectivity index (χ2n) is 18.3. The molecule has 4 saturated heterocycles. The molecule has 5 aliphatic rings. The molecule has 71 heavy (non-hydrogen) atoms. The van der Waals surface area contributed by atoms with Crippen LogP contribution in [0.1, 0.15) is 51.1 Å². The van der Waals surface area contributed by atoms with E-state index in [1.807, 2.05) is 53.3 Å². The van der Waals surface area contributed by atoms with Crippen LogP contribution >= 0.6 is 0 Å². The Morgan fingerprint density at radius 3 is 2.10 bits per heavy atom. The Balaban J connectivity index is 0.703. The molecule has 11 rings (SSSR count). The number of amides is 3. The van der Waals surface area contributed by atoms with Crippen LogP contribution in [0.3, 0.4) is 0 Å². The highest BCUT2D eigenvalue weighted by atomic mass is 32.2. The molecule has 3 N–H and O–H groups in total. The summed E-state index contributed by atoms with van der Waals surface area (Å²) in [6.07, 6.45) is 3.72. The summed E-state index contributed by atoms with van der Waals surface area (Å²) in [7, 11) is -4.37. The number of rotatable bonds is 11. The van der Waals surface area contributed by atoms with E-state index in [1.54, 1.807) is 23.5 Å². The summed E-state index contributed by atoms with van der Waals surface area (Å²) in [5, 5.41) is 2.67. The maximum absolute atomic E-state index is 15.8. The first-order chi connectivity index (χ1) is 34.3. The summed E-state index contributed by atoms with van der Waals surface area (Å²) in [6, 6.07) is 18.5. The Labute approximate surface area is 405 Å². The van der Waals surface area contributed by atoms with Gasteiger partial charge in [-0.1, -0.05) is 12.1 Å². The highest BCUT2D eigenvalue weighted by molar-refractivity contribution is 7.90. The molecule has 3 aromatic heterocycles. The van der Waals surface area contributed by atoms with Crippen LogP contribution in [0.25, 0.3) is 22.2 Å². The number of hydrogen-bond donors (Lipinski definition) is 3. The number of imide groups is 1. The molecule has 0 bridgehead atoms. The minimum atomic E-state index is -4.37. The second kappa shape index (κ2) is 18.3. The number of carbonyl (C=O) groups excluding carboxylic acids is 4. The zero-order valence-electron chi connectivity index (χ0n) is 38.2. The highest BCUT2D eigenvalue weighted by Crippen LogP contribution is 2.34.